The average Bonchev–Trinajstić information content (AvgIpc) is 2.92. The van der Waals surface area contributed by atoms with Crippen LogP contribution in [0, 0.1) is 12.7 Å². The van der Waals surface area contributed by atoms with E-state index in [2.05, 4.69) is 12.1 Å². The van der Waals surface area contributed by atoms with E-state index in [4.69, 9.17) is 10.5 Å². The fourth-order valence-corrected chi connectivity index (χ4v) is 2.81. The van der Waals surface area contributed by atoms with Crippen LogP contribution in [0.3, 0.4) is 0 Å². The zero-order valence-corrected chi connectivity index (χ0v) is 12.2. The average molecular weight is 285 g/mol. The molecule has 0 bridgehead atoms. The summed E-state index contributed by atoms with van der Waals surface area (Å²) in [6.45, 7) is 2.65. The Bertz CT molecular complexity index is 654. The van der Waals surface area contributed by atoms with Crippen LogP contribution in [-0.4, -0.2) is 6.61 Å². The molecule has 3 heteroatoms. The third-order valence-corrected chi connectivity index (χ3v) is 4.05. The second kappa shape index (κ2) is 5.86. The minimum absolute atomic E-state index is 0.204. The van der Waals surface area contributed by atoms with E-state index in [1.54, 1.807) is 12.1 Å². The van der Waals surface area contributed by atoms with Gasteiger partial charge in [0.1, 0.15) is 11.6 Å². The zero-order valence-electron chi connectivity index (χ0n) is 12.2. The van der Waals surface area contributed by atoms with Crippen LogP contribution in [0.5, 0.6) is 5.75 Å². The van der Waals surface area contributed by atoms with E-state index in [0.29, 0.717) is 5.56 Å². The van der Waals surface area contributed by atoms with Crippen LogP contribution in [0.15, 0.2) is 36.4 Å². The van der Waals surface area contributed by atoms with Crippen LogP contribution in [0.25, 0.3) is 0 Å². The highest BCUT2D eigenvalue weighted by atomic mass is 19.1. The van der Waals surface area contributed by atoms with Gasteiger partial charge in [-0.2, -0.15) is 0 Å². The maximum absolute atomic E-state index is 13.9. The molecule has 0 radical (unpaired) electrons. The van der Waals surface area contributed by atoms with Crippen LogP contribution in [0.1, 0.15) is 34.7 Å². The third kappa shape index (κ3) is 3.08. The van der Waals surface area contributed by atoms with Crippen molar-refractivity contribution in [2.24, 2.45) is 5.73 Å². The molecule has 0 spiro atoms. The van der Waals surface area contributed by atoms with Gasteiger partial charge in [0.05, 0.1) is 6.61 Å². The maximum Gasteiger partial charge on any atom is 0.128 e. The molecule has 0 amide bonds. The largest absolute Gasteiger partial charge is 0.493 e. The van der Waals surface area contributed by atoms with Crippen LogP contribution < -0.4 is 10.5 Å². The molecule has 2 aromatic rings. The normalized spacial score (nSPS) is 14.6. The SMILES string of the molecule is Cc1ccc(C(N)CCc2ccc3c(c2)CCO3)c(F)c1. The van der Waals surface area contributed by atoms with Gasteiger partial charge >= 0.3 is 0 Å². The molecule has 0 saturated carbocycles. The minimum Gasteiger partial charge on any atom is -0.493 e. The number of nitrogens with two attached hydrogens (primary N) is 1. The summed E-state index contributed by atoms with van der Waals surface area (Å²) >= 11 is 0. The molecule has 0 saturated heterocycles. The highest BCUT2D eigenvalue weighted by molar-refractivity contribution is 5.40. The molecule has 2 N–H and O–H groups in total. The lowest BCUT2D eigenvalue weighted by atomic mass is 9.97. The van der Waals surface area contributed by atoms with Gasteiger partial charge in [-0.1, -0.05) is 24.3 Å². The van der Waals surface area contributed by atoms with E-state index in [1.807, 2.05) is 19.1 Å². The number of hydrogen-bond donors (Lipinski definition) is 1. The van der Waals surface area contributed by atoms with Crippen molar-refractivity contribution in [2.75, 3.05) is 6.61 Å². The summed E-state index contributed by atoms with van der Waals surface area (Å²) < 4.78 is 19.4. The predicted molar refractivity (Wildman–Crippen MR) is 82.0 cm³/mol. The number of fused-ring (bicyclic) bond motifs is 1. The maximum atomic E-state index is 13.9. The summed E-state index contributed by atoms with van der Waals surface area (Å²) in [5.74, 6) is 0.789. The van der Waals surface area contributed by atoms with Crippen molar-refractivity contribution in [2.45, 2.75) is 32.2 Å². The third-order valence-electron chi connectivity index (χ3n) is 4.05. The molecule has 2 aromatic carbocycles. The lowest BCUT2D eigenvalue weighted by Gasteiger charge is -2.14. The van der Waals surface area contributed by atoms with Gasteiger partial charge in [0.15, 0.2) is 0 Å². The molecule has 1 unspecified atom stereocenters. The fraction of sp³-hybridized carbons (Fsp3) is 0.333. The van der Waals surface area contributed by atoms with Crippen molar-refractivity contribution < 1.29 is 9.13 Å². The highest BCUT2D eigenvalue weighted by Crippen LogP contribution is 2.27. The lowest BCUT2D eigenvalue weighted by Crippen LogP contribution is -2.13. The van der Waals surface area contributed by atoms with E-state index < -0.39 is 0 Å². The molecule has 1 atom stereocenters. The smallest absolute Gasteiger partial charge is 0.128 e. The summed E-state index contributed by atoms with van der Waals surface area (Å²) in [4.78, 5) is 0. The molecular weight excluding hydrogens is 265 g/mol. The van der Waals surface area contributed by atoms with Crippen molar-refractivity contribution in [3.05, 3.63) is 64.5 Å². The summed E-state index contributed by atoms with van der Waals surface area (Å²) in [6, 6.07) is 11.3. The molecule has 1 heterocycles. The number of aryl methyl sites for hydroxylation is 2. The molecule has 2 nitrogen and oxygen atoms in total. The van der Waals surface area contributed by atoms with E-state index >= 15 is 0 Å². The topological polar surface area (TPSA) is 35.2 Å². The van der Waals surface area contributed by atoms with Crippen molar-refractivity contribution in [3.8, 4) is 5.75 Å². The quantitative estimate of drug-likeness (QED) is 0.929. The molecule has 1 aliphatic rings. The Hall–Kier alpha value is -1.87. The number of rotatable bonds is 4. The first-order valence-corrected chi connectivity index (χ1v) is 7.40. The van der Waals surface area contributed by atoms with E-state index in [1.165, 1.54) is 11.1 Å². The predicted octanol–water partition coefficient (Wildman–Crippen LogP) is 3.70. The first kappa shape index (κ1) is 14.1. The molecule has 0 fully saturated rings. The van der Waals surface area contributed by atoms with Crippen LogP contribution in [0.2, 0.25) is 0 Å². The Kier molecular flexibility index (Phi) is 3.93. The Labute approximate surface area is 124 Å². The molecule has 1 aliphatic heterocycles. The monoisotopic (exact) mass is 285 g/mol. The summed E-state index contributed by atoms with van der Waals surface area (Å²) in [5.41, 5.74) is 10.2. The first-order valence-electron chi connectivity index (χ1n) is 7.40. The first-order chi connectivity index (χ1) is 10.1. The molecule has 21 heavy (non-hydrogen) atoms. The van der Waals surface area contributed by atoms with Gasteiger partial charge in [-0.15, -0.1) is 0 Å². The fourth-order valence-electron chi connectivity index (χ4n) is 2.81. The zero-order chi connectivity index (χ0) is 14.8. The van der Waals surface area contributed by atoms with Gasteiger partial charge in [-0.05, 0) is 48.6 Å². The summed E-state index contributed by atoms with van der Waals surface area (Å²) in [5, 5.41) is 0. The van der Waals surface area contributed by atoms with Gasteiger partial charge in [0.25, 0.3) is 0 Å². The number of ether oxygens (including phenoxy) is 1. The van der Waals surface area contributed by atoms with Gasteiger partial charge < -0.3 is 10.5 Å². The van der Waals surface area contributed by atoms with E-state index in [-0.39, 0.29) is 11.9 Å². The second-order valence-electron chi connectivity index (χ2n) is 5.71. The van der Waals surface area contributed by atoms with Gasteiger partial charge in [0, 0.05) is 18.0 Å². The Morgan fingerprint density at radius 3 is 2.90 bits per heavy atom. The van der Waals surface area contributed by atoms with Crippen LogP contribution in [0.4, 0.5) is 4.39 Å². The Balaban J connectivity index is 1.67. The minimum atomic E-state index is -0.268. The molecule has 0 aromatic heterocycles. The number of halogens is 1. The van der Waals surface area contributed by atoms with E-state index in [9.17, 15) is 4.39 Å². The Morgan fingerprint density at radius 2 is 2.10 bits per heavy atom. The standard InChI is InChI=1S/C18H20FNO/c1-12-2-5-15(16(19)10-12)17(20)6-3-13-4-7-18-14(11-13)8-9-21-18/h2,4-5,7,10-11,17H,3,6,8-9,20H2,1H3. The van der Waals surface area contributed by atoms with Crippen LogP contribution in [-0.2, 0) is 12.8 Å². The van der Waals surface area contributed by atoms with Crippen LogP contribution >= 0.6 is 0 Å². The van der Waals surface area contributed by atoms with Gasteiger partial charge in [-0.3, -0.25) is 0 Å². The number of benzene rings is 2. The van der Waals surface area contributed by atoms with Crippen molar-refractivity contribution in [3.63, 3.8) is 0 Å². The van der Waals surface area contributed by atoms with Crippen molar-refractivity contribution in [1.29, 1.82) is 0 Å². The number of hydrogen-bond acceptors (Lipinski definition) is 2. The molecule has 3 rings (SSSR count). The van der Waals surface area contributed by atoms with Crippen molar-refractivity contribution in [1.82, 2.24) is 0 Å². The molecule has 110 valence electrons. The summed E-state index contributed by atoms with van der Waals surface area (Å²) in [6.07, 6.45) is 2.56. The van der Waals surface area contributed by atoms with Crippen molar-refractivity contribution >= 4 is 0 Å². The summed E-state index contributed by atoms with van der Waals surface area (Å²) in [7, 11) is 0. The second-order valence-corrected chi connectivity index (χ2v) is 5.71. The molecular formula is C18H20FNO. The highest BCUT2D eigenvalue weighted by Gasteiger charge is 2.14. The van der Waals surface area contributed by atoms with Gasteiger partial charge in [0.2, 0.25) is 0 Å². The molecule has 0 aliphatic carbocycles. The van der Waals surface area contributed by atoms with Gasteiger partial charge in [-0.25, -0.2) is 4.39 Å². The lowest BCUT2D eigenvalue weighted by molar-refractivity contribution is 0.357. The Morgan fingerprint density at radius 1 is 1.24 bits per heavy atom. The van der Waals surface area contributed by atoms with E-state index in [0.717, 1.165) is 37.2 Å².